The first-order valence-corrected chi connectivity index (χ1v) is 10.9. The van der Waals surface area contributed by atoms with Crippen molar-refractivity contribution in [3.63, 3.8) is 0 Å². The summed E-state index contributed by atoms with van der Waals surface area (Å²) in [7, 11) is 3.99. The van der Waals surface area contributed by atoms with Crippen LogP contribution in [0, 0.1) is 5.92 Å². The fourth-order valence-electron chi connectivity index (χ4n) is 3.79. The molecule has 0 radical (unpaired) electrons. The van der Waals surface area contributed by atoms with Gasteiger partial charge < -0.3 is 16.0 Å². The molecule has 3 rings (SSSR count). The van der Waals surface area contributed by atoms with Gasteiger partial charge in [-0.25, -0.2) is 0 Å². The Morgan fingerprint density at radius 1 is 1.28 bits per heavy atom. The normalized spacial score (nSPS) is 20.3. The Hall–Kier alpha value is -2.45. The van der Waals surface area contributed by atoms with Crippen molar-refractivity contribution >= 4 is 23.2 Å². The van der Waals surface area contributed by atoms with E-state index in [4.69, 9.17) is 0 Å². The molecule has 1 aliphatic heterocycles. The minimum atomic E-state index is -0.119. The van der Waals surface area contributed by atoms with Gasteiger partial charge in [-0.3, -0.25) is 19.7 Å². The van der Waals surface area contributed by atoms with Gasteiger partial charge in [0, 0.05) is 50.0 Å². The predicted molar refractivity (Wildman–Crippen MR) is 118 cm³/mol. The quantitative estimate of drug-likeness (QED) is 0.367. The molecule has 2 unspecified atom stereocenters. The van der Waals surface area contributed by atoms with Crippen LogP contribution in [0.3, 0.4) is 0 Å². The van der Waals surface area contributed by atoms with Crippen molar-refractivity contribution in [2.75, 3.05) is 40.3 Å². The number of rotatable bonds is 7. The fourth-order valence-corrected chi connectivity index (χ4v) is 4.77. The van der Waals surface area contributed by atoms with Crippen LogP contribution in [-0.4, -0.2) is 62.0 Å². The molecule has 2 atom stereocenters. The third-order valence-corrected chi connectivity index (χ3v) is 6.17. The lowest BCUT2D eigenvalue weighted by molar-refractivity contribution is 0.0954. The second-order valence-corrected chi connectivity index (χ2v) is 8.20. The van der Waals surface area contributed by atoms with Gasteiger partial charge in [0.15, 0.2) is 5.96 Å². The maximum Gasteiger partial charge on any atom is 0.252 e. The summed E-state index contributed by atoms with van der Waals surface area (Å²) in [6.07, 6.45) is 5.64. The molecule has 0 spiro atoms. The molecule has 3 N–H and O–H groups in total. The van der Waals surface area contributed by atoms with Crippen molar-refractivity contribution in [1.29, 1.82) is 0 Å². The van der Waals surface area contributed by atoms with Crippen LogP contribution in [0.25, 0.3) is 0 Å². The number of carbonyl (C=O) groups is 1. The smallest absolute Gasteiger partial charge is 0.252 e. The van der Waals surface area contributed by atoms with E-state index in [0.717, 1.165) is 19.0 Å². The van der Waals surface area contributed by atoms with Crippen LogP contribution >= 0.6 is 11.3 Å². The molecule has 0 bridgehead atoms. The maximum absolute atomic E-state index is 12.0. The number of likely N-dealkylation sites (tertiary alicyclic amines) is 1. The van der Waals surface area contributed by atoms with Gasteiger partial charge in [0.05, 0.1) is 5.56 Å². The fraction of sp³-hybridized carbons (Fsp3) is 0.476. The van der Waals surface area contributed by atoms with E-state index in [-0.39, 0.29) is 5.91 Å². The second kappa shape index (κ2) is 10.9. The zero-order valence-corrected chi connectivity index (χ0v) is 17.9. The Labute approximate surface area is 176 Å². The summed E-state index contributed by atoms with van der Waals surface area (Å²) in [5.74, 6) is 1.18. The Kier molecular flexibility index (Phi) is 8.01. The van der Waals surface area contributed by atoms with Gasteiger partial charge in [-0.2, -0.15) is 0 Å². The molecular weight excluding hydrogens is 384 g/mol. The lowest BCUT2D eigenvalue weighted by Gasteiger charge is -2.39. The minimum Gasteiger partial charge on any atom is -0.356 e. The number of hydrogen-bond donors (Lipinski definition) is 3. The molecule has 0 aliphatic carbocycles. The topological polar surface area (TPSA) is 81.6 Å². The molecule has 0 saturated carbocycles. The third kappa shape index (κ3) is 6.01. The molecule has 0 aromatic carbocycles. The molecular formula is C21H30N6OS. The minimum absolute atomic E-state index is 0.119. The van der Waals surface area contributed by atoms with Crippen LogP contribution in [0.4, 0.5) is 0 Å². The Morgan fingerprint density at radius 3 is 2.86 bits per heavy atom. The molecule has 156 valence electrons. The number of aromatic nitrogens is 1. The van der Waals surface area contributed by atoms with E-state index in [9.17, 15) is 4.79 Å². The molecule has 1 aliphatic rings. The first-order valence-electron chi connectivity index (χ1n) is 10.1. The third-order valence-electron chi connectivity index (χ3n) is 5.22. The van der Waals surface area contributed by atoms with Crippen molar-refractivity contribution in [3.05, 3.63) is 52.5 Å². The summed E-state index contributed by atoms with van der Waals surface area (Å²) in [5, 5.41) is 11.8. The highest BCUT2D eigenvalue weighted by atomic mass is 32.1. The number of amides is 1. The van der Waals surface area contributed by atoms with E-state index in [1.165, 1.54) is 17.7 Å². The summed E-state index contributed by atoms with van der Waals surface area (Å²) >= 11 is 1.83. The predicted octanol–water partition coefficient (Wildman–Crippen LogP) is 2.12. The van der Waals surface area contributed by atoms with Crippen molar-refractivity contribution in [2.45, 2.75) is 18.9 Å². The van der Waals surface area contributed by atoms with Gasteiger partial charge in [0.2, 0.25) is 0 Å². The van der Waals surface area contributed by atoms with E-state index < -0.39 is 0 Å². The SMILES string of the molecule is CN=C(NCCNC(=O)c1cccnc1)NCC1CCCN(C)C1c1cccs1. The average molecular weight is 415 g/mol. The number of nitrogens with zero attached hydrogens (tertiary/aromatic N) is 3. The standard InChI is InChI=1S/C21H30N6OS/c1-22-21(25-11-10-24-20(28)17-6-3-9-23-14-17)26-15-16-7-4-12-27(2)19(16)18-8-5-13-29-18/h3,5-6,8-9,13-14,16,19H,4,7,10-12,15H2,1-2H3,(H,24,28)(H2,22,25,26). The molecule has 1 fully saturated rings. The zero-order valence-electron chi connectivity index (χ0n) is 17.1. The molecule has 29 heavy (non-hydrogen) atoms. The first kappa shape index (κ1) is 21.3. The number of hydrogen-bond acceptors (Lipinski definition) is 5. The van der Waals surface area contributed by atoms with Gasteiger partial charge in [-0.05, 0) is 55.9 Å². The summed E-state index contributed by atoms with van der Waals surface area (Å²) in [5.41, 5.74) is 0.566. The lowest BCUT2D eigenvalue weighted by Crippen LogP contribution is -2.46. The first-order chi connectivity index (χ1) is 14.2. The molecule has 7 nitrogen and oxygen atoms in total. The molecule has 8 heteroatoms. The van der Waals surface area contributed by atoms with Crippen molar-refractivity contribution < 1.29 is 4.79 Å². The van der Waals surface area contributed by atoms with Crippen LogP contribution in [0.5, 0.6) is 0 Å². The second-order valence-electron chi connectivity index (χ2n) is 7.22. The van der Waals surface area contributed by atoms with Gasteiger partial charge in [-0.15, -0.1) is 11.3 Å². The summed E-state index contributed by atoms with van der Waals surface area (Å²) in [6.45, 7) is 3.13. The molecule has 2 aromatic heterocycles. The highest BCUT2D eigenvalue weighted by Crippen LogP contribution is 2.36. The van der Waals surface area contributed by atoms with Crippen LogP contribution in [-0.2, 0) is 0 Å². The van der Waals surface area contributed by atoms with Crippen LogP contribution in [0.15, 0.2) is 47.0 Å². The van der Waals surface area contributed by atoms with E-state index in [1.54, 1.807) is 31.6 Å². The monoisotopic (exact) mass is 414 g/mol. The van der Waals surface area contributed by atoms with Gasteiger partial charge >= 0.3 is 0 Å². The van der Waals surface area contributed by atoms with E-state index in [1.807, 2.05) is 11.3 Å². The summed E-state index contributed by atoms with van der Waals surface area (Å²) in [4.78, 5) is 24.2. The van der Waals surface area contributed by atoms with Crippen LogP contribution in [0.2, 0.25) is 0 Å². The number of carbonyl (C=O) groups excluding carboxylic acids is 1. The lowest BCUT2D eigenvalue weighted by atomic mass is 9.88. The van der Waals surface area contributed by atoms with Gasteiger partial charge in [-0.1, -0.05) is 6.07 Å². The molecule has 1 amide bonds. The molecule has 1 saturated heterocycles. The van der Waals surface area contributed by atoms with E-state index >= 15 is 0 Å². The van der Waals surface area contributed by atoms with Gasteiger partial charge in [0.25, 0.3) is 5.91 Å². The highest BCUT2D eigenvalue weighted by molar-refractivity contribution is 7.10. The largest absolute Gasteiger partial charge is 0.356 e. The Morgan fingerprint density at radius 2 is 2.14 bits per heavy atom. The van der Waals surface area contributed by atoms with E-state index in [2.05, 4.69) is 55.4 Å². The molecule has 2 aromatic rings. The van der Waals surface area contributed by atoms with Crippen molar-refractivity contribution in [2.24, 2.45) is 10.9 Å². The van der Waals surface area contributed by atoms with Gasteiger partial charge in [0.1, 0.15) is 0 Å². The number of guanidine groups is 1. The molecule has 3 heterocycles. The zero-order chi connectivity index (χ0) is 20.5. The van der Waals surface area contributed by atoms with Crippen molar-refractivity contribution in [1.82, 2.24) is 25.8 Å². The Balaban J connectivity index is 1.43. The van der Waals surface area contributed by atoms with Crippen LogP contribution < -0.4 is 16.0 Å². The van der Waals surface area contributed by atoms with Crippen LogP contribution in [0.1, 0.15) is 34.1 Å². The number of aliphatic imine (C=N–C) groups is 1. The Bertz CT molecular complexity index is 780. The number of nitrogens with one attached hydrogen (secondary N) is 3. The summed E-state index contributed by atoms with van der Waals surface area (Å²) in [6, 6.07) is 8.33. The van der Waals surface area contributed by atoms with Crippen molar-refractivity contribution in [3.8, 4) is 0 Å². The highest BCUT2D eigenvalue weighted by Gasteiger charge is 2.31. The maximum atomic E-state index is 12.0. The number of thiophene rings is 1. The van der Waals surface area contributed by atoms with E-state index in [0.29, 0.717) is 30.6 Å². The number of pyridine rings is 1. The average Bonchev–Trinajstić information content (AvgIpc) is 3.28. The summed E-state index contributed by atoms with van der Waals surface area (Å²) < 4.78 is 0. The number of piperidine rings is 1.